The smallest absolute Gasteiger partial charge is 0.293 e. The number of rotatable bonds is 4. The van der Waals surface area contributed by atoms with Crippen molar-refractivity contribution < 1.29 is 9.90 Å². The Hall–Kier alpha value is -2.80. The van der Waals surface area contributed by atoms with Crippen molar-refractivity contribution in [1.82, 2.24) is 24.5 Å². The van der Waals surface area contributed by atoms with E-state index in [0.717, 1.165) is 25.0 Å². The maximum atomic E-state index is 13.0. The molecule has 3 aromatic rings. The molecule has 4 rings (SSSR count). The van der Waals surface area contributed by atoms with Gasteiger partial charge < -0.3 is 10.0 Å². The molecule has 1 fully saturated rings. The second-order valence-corrected chi connectivity index (χ2v) is 7.38. The van der Waals surface area contributed by atoms with E-state index in [-0.39, 0.29) is 23.8 Å². The fraction of sp³-hybridized carbons (Fsp3) is 0.400. The molecule has 0 saturated carbocycles. The molecule has 0 bridgehead atoms. The Kier molecular flexibility index (Phi) is 4.61. The first-order valence-electron chi connectivity index (χ1n) is 9.23. The minimum absolute atomic E-state index is 0.0466. The number of hydrogen-bond acceptors (Lipinski definition) is 5. The van der Waals surface area contributed by atoms with Gasteiger partial charge in [0.15, 0.2) is 0 Å². The van der Waals surface area contributed by atoms with E-state index >= 15 is 0 Å². The summed E-state index contributed by atoms with van der Waals surface area (Å²) in [4.78, 5) is 23.2. The number of benzene rings is 1. The lowest BCUT2D eigenvalue weighted by atomic mass is 9.75. The largest absolute Gasteiger partial charge is 0.396 e. The predicted molar refractivity (Wildman–Crippen MR) is 100 cm³/mol. The molecule has 27 heavy (non-hydrogen) atoms. The third-order valence-electron chi connectivity index (χ3n) is 5.33. The minimum atomic E-state index is -0.331. The van der Waals surface area contributed by atoms with Gasteiger partial charge in [-0.2, -0.15) is 4.98 Å². The van der Waals surface area contributed by atoms with Crippen LogP contribution in [0.4, 0.5) is 0 Å². The van der Waals surface area contributed by atoms with Crippen molar-refractivity contribution in [3.05, 3.63) is 59.7 Å². The van der Waals surface area contributed by atoms with Gasteiger partial charge in [0.2, 0.25) is 5.82 Å². The summed E-state index contributed by atoms with van der Waals surface area (Å²) in [5.74, 6) is 0.379. The molecule has 7 nitrogen and oxygen atoms in total. The third-order valence-corrected chi connectivity index (χ3v) is 5.33. The SMILES string of the molecule is Cc1ccnc2nc(C(=O)N3CCCC(CO)(Cc4ccccc4)C3)nn12. The van der Waals surface area contributed by atoms with Crippen LogP contribution in [0.15, 0.2) is 42.6 Å². The van der Waals surface area contributed by atoms with Gasteiger partial charge in [-0.1, -0.05) is 30.3 Å². The van der Waals surface area contributed by atoms with Gasteiger partial charge in [-0.05, 0) is 37.8 Å². The molecule has 0 aliphatic carbocycles. The number of amides is 1. The molecule has 1 atom stereocenters. The number of aromatic nitrogens is 4. The van der Waals surface area contributed by atoms with Crippen LogP contribution in [0, 0.1) is 12.3 Å². The van der Waals surface area contributed by atoms with Crippen molar-refractivity contribution in [3.8, 4) is 0 Å². The summed E-state index contributed by atoms with van der Waals surface area (Å²) in [6.07, 6.45) is 4.14. The summed E-state index contributed by atoms with van der Waals surface area (Å²) in [5.41, 5.74) is 1.72. The van der Waals surface area contributed by atoms with E-state index in [0.29, 0.717) is 18.9 Å². The molecule has 0 radical (unpaired) electrons. The molecule has 1 aliphatic heterocycles. The van der Waals surface area contributed by atoms with Crippen LogP contribution in [0.1, 0.15) is 34.7 Å². The summed E-state index contributed by atoms with van der Waals surface area (Å²) in [6, 6.07) is 11.9. The maximum Gasteiger partial charge on any atom is 0.293 e. The summed E-state index contributed by atoms with van der Waals surface area (Å²) >= 11 is 0. The molecule has 1 amide bonds. The fourth-order valence-electron chi connectivity index (χ4n) is 3.88. The normalized spacial score (nSPS) is 20.1. The van der Waals surface area contributed by atoms with Crippen molar-refractivity contribution in [2.75, 3.05) is 19.7 Å². The van der Waals surface area contributed by atoms with Gasteiger partial charge >= 0.3 is 0 Å². The molecule has 1 aromatic carbocycles. The number of nitrogens with zero attached hydrogens (tertiary/aromatic N) is 5. The average molecular weight is 365 g/mol. The molecule has 140 valence electrons. The van der Waals surface area contributed by atoms with E-state index < -0.39 is 0 Å². The molecular formula is C20H23N5O2. The lowest BCUT2D eigenvalue weighted by molar-refractivity contribution is 0.0264. The maximum absolute atomic E-state index is 13.0. The number of likely N-dealkylation sites (tertiary alicyclic amines) is 1. The number of fused-ring (bicyclic) bond motifs is 1. The van der Waals surface area contributed by atoms with Gasteiger partial charge in [-0.15, -0.1) is 5.10 Å². The van der Waals surface area contributed by atoms with Gasteiger partial charge in [-0.25, -0.2) is 9.50 Å². The van der Waals surface area contributed by atoms with E-state index in [4.69, 9.17) is 0 Å². The Morgan fingerprint density at radius 1 is 1.26 bits per heavy atom. The van der Waals surface area contributed by atoms with E-state index in [9.17, 15) is 9.90 Å². The molecule has 2 aromatic heterocycles. The number of carbonyl (C=O) groups excluding carboxylic acids is 1. The second-order valence-electron chi connectivity index (χ2n) is 7.38. The molecule has 1 aliphatic rings. The highest BCUT2D eigenvalue weighted by Crippen LogP contribution is 2.33. The van der Waals surface area contributed by atoms with Crippen molar-refractivity contribution in [1.29, 1.82) is 0 Å². The van der Waals surface area contributed by atoms with Crippen LogP contribution in [0.25, 0.3) is 5.78 Å². The fourth-order valence-corrected chi connectivity index (χ4v) is 3.88. The number of piperidine rings is 1. The molecular weight excluding hydrogens is 342 g/mol. The quantitative estimate of drug-likeness (QED) is 0.763. The van der Waals surface area contributed by atoms with Gasteiger partial charge in [-0.3, -0.25) is 4.79 Å². The molecule has 1 unspecified atom stereocenters. The summed E-state index contributed by atoms with van der Waals surface area (Å²) in [6.45, 7) is 3.09. The summed E-state index contributed by atoms with van der Waals surface area (Å²) in [5, 5.41) is 14.5. The Bertz CT molecular complexity index is 955. The van der Waals surface area contributed by atoms with Crippen LogP contribution in [0.2, 0.25) is 0 Å². The van der Waals surface area contributed by atoms with Crippen LogP contribution in [-0.2, 0) is 6.42 Å². The molecule has 3 heterocycles. The van der Waals surface area contributed by atoms with E-state index in [2.05, 4.69) is 27.2 Å². The van der Waals surface area contributed by atoms with Gasteiger partial charge in [0.25, 0.3) is 11.7 Å². The van der Waals surface area contributed by atoms with Crippen LogP contribution in [-0.4, -0.2) is 55.2 Å². The Morgan fingerprint density at radius 2 is 2.07 bits per heavy atom. The average Bonchev–Trinajstić information content (AvgIpc) is 3.14. The highest BCUT2D eigenvalue weighted by atomic mass is 16.3. The lowest BCUT2D eigenvalue weighted by Gasteiger charge is -2.41. The van der Waals surface area contributed by atoms with E-state index in [1.54, 1.807) is 15.6 Å². The molecule has 7 heteroatoms. The standard InChI is InChI=1S/C20H23N5O2/c1-15-8-10-21-19-22-17(23-25(15)19)18(27)24-11-5-9-20(13-24,14-26)12-16-6-3-2-4-7-16/h2-4,6-8,10,26H,5,9,11-14H2,1H3. The monoisotopic (exact) mass is 365 g/mol. The summed E-state index contributed by atoms with van der Waals surface area (Å²) < 4.78 is 1.58. The highest BCUT2D eigenvalue weighted by Gasteiger charge is 2.38. The van der Waals surface area contributed by atoms with Crippen molar-refractivity contribution in [2.45, 2.75) is 26.2 Å². The molecule has 1 saturated heterocycles. The van der Waals surface area contributed by atoms with Crippen LogP contribution >= 0.6 is 0 Å². The summed E-state index contributed by atoms with van der Waals surface area (Å²) in [7, 11) is 0. The Morgan fingerprint density at radius 3 is 2.81 bits per heavy atom. The second kappa shape index (κ2) is 7.08. The zero-order valence-corrected chi connectivity index (χ0v) is 15.4. The lowest BCUT2D eigenvalue weighted by Crippen LogP contribution is -2.49. The first-order chi connectivity index (χ1) is 13.1. The van der Waals surface area contributed by atoms with Crippen molar-refractivity contribution in [3.63, 3.8) is 0 Å². The topological polar surface area (TPSA) is 83.6 Å². The first kappa shape index (κ1) is 17.6. The van der Waals surface area contributed by atoms with Crippen molar-refractivity contribution >= 4 is 11.7 Å². The first-order valence-corrected chi connectivity index (χ1v) is 9.23. The number of hydrogen-bond donors (Lipinski definition) is 1. The predicted octanol–water partition coefficient (Wildman–Crippen LogP) is 1.89. The number of aryl methyl sites for hydroxylation is 1. The van der Waals surface area contributed by atoms with Gasteiger partial charge in [0, 0.05) is 30.4 Å². The van der Waals surface area contributed by atoms with Crippen molar-refractivity contribution in [2.24, 2.45) is 5.41 Å². The molecule has 1 N–H and O–H groups in total. The zero-order chi connectivity index (χ0) is 18.9. The number of carbonyl (C=O) groups is 1. The van der Waals surface area contributed by atoms with Crippen LogP contribution < -0.4 is 0 Å². The highest BCUT2D eigenvalue weighted by molar-refractivity contribution is 5.91. The zero-order valence-electron chi connectivity index (χ0n) is 15.4. The Labute approximate surface area is 157 Å². The van der Waals surface area contributed by atoms with Crippen LogP contribution in [0.3, 0.4) is 0 Å². The van der Waals surface area contributed by atoms with Crippen LogP contribution in [0.5, 0.6) is 0 Å². The van der Waals surface area contributed by atoms with Gasteiger partial charge in [0.05, 0.1) is 6.61 Å². The molecule has 0 spiro atoms. The van der Waals surface area contributed by atoms with Gasteiger partial charge in [0.1, 0.15) is 0 Å². The Balaban J connectivity index is 1.57. The van der Waals surface area contributed by atoms with E-state index in [1.165, 1.54) is 5.56 Å². The number of aliphatic hydroxyl groups is 1. The van der Waals surface area contributed by atoms with E-state index in [1.807, 2.05) is 31.2 Å². The number of aliphatic hydroxyl groups excluding tert-OH is 1. The third kappa shape index (κ3) is 3.42. The minimum Gasteiger partial charge on any atom is -0.396 e.